The molecule has 1 aliphatic rings. The van der Waals surface area contributed by atoms with E-state index in [0.717, 1.165) is 40.5 Å². The zero-order valence-electron chi connectivity index (χ0n) is 21.2. The van der Waals surface area contributed by atoms with Crippen LogP contribution in [0.25, 0.3) is 11.0 Å². The third-order valence-electron chi connectivity index (χ3n) is 7.20. The lowest BCUT2D eigenvalue weighted by atomic mass is 9.99. The quantitative estimate of drug-likeness (QED) is 0.286. The van der Waals surface area contributed by atoms with Gasteiger partial charge in [-0.15, -0.1) is 0 Å². The van der Waals surface area contributed by atoms with Crippen molar-refractivity contribution in [1.82, 2.24) is 9.55 Å². The molecule has 1 saturated heterocycles. The van der Waals surface area contributed by atoms with Crippen molar-refractivity contribution in [1.29, 1.82) is 0 Å². The first-order valence-corrected chi connectivity index (χ1v) is 12.7. The molecule has 1 aromatic heterocycles. The van der Waals surface area contributed by atoms with Gasteiger partial charge in [-0.1, -0.05) is 38.1 Å². The fraction of sp³-hybridized carbons (Fsp3) is 0.333. The maximum atomic E-state index is 13.0. The number of rotatable bonds is 9. The summed E-state index contributed by atoms with van der Waals surface area (Å²) in [6.45, 7) is 6.24. The monoisotopic (exact) mass is 483 g/mol. The third kappa shape index (κ3) is 4.81. The second-order valence-electron chi connectivity index (χ2n) is 9.44. The third-order valence-corrected chi connectivity index (χ3v) is 7.20. The van der Waals surface area contributed by atoms with Gasteiger partial charge in [0.15, 0.2) is 0 Å². The maximum absolute atomic E-state index is 13.0. The van der Waals surface area contributed by atoms with Crippen LogP contribution in [0.1, 0.15) is 49.9 Å². The zero-order chi connectivity index (χ0) is 25.1. The molecule has 0 saturated carbocycles. The van der Waals surface area contributed by atoms with E-state index >= 15 is 0 Å². The molecule has 0 N–H and O–H groups in total. The molecule has 3 aromatic carbocycles. The van der Waals surface area contributed by atoms with Crippen molar-refractivity contribution >= 4 is 22.6 Å². The van der Waals surface area contributed by atoms with Gasteiger partial charge in [-0.25, -0.2) is 4.98 Å². The second-order valence-corrected chi connectivity index (χ2v) is 9.44. The minimum absolute atomic E-state index is 0.0156. The molecule has 36 heavy (non-hydrogen) atoms. The standard InChI is InChI=1S/C30H33N3O3/c1-4-21(2)22-9-13-26(14-10-22)36-18-17-32-28-8-6-5-7-27(28)31-30(32)23-19-29(34)33(20-23)24-11-15-25(35-3)16-12-24/h5-16,21,23H,4,17-20H2,1-3H3. The van der Waals surface area contributed by atoms with E-state index in [1.807, 2.05) is 47.4 Å². The van der Waals surface area contributed by atoms with Crippen LogP contribution in [-0.4, -0.2) is 35.7 Å². The van der Waals surface area contributed by atoms with Crippen LogP contribution in [-0.2, 0) is 11.3 Å². The normalized spacial score (nSPS) is 16.5. The molecule has 2 atom stereocenters. The van der Waals surface area contributed by atoms with E-state index < -0.39 is 0 Å². The number of amides is 1. The van der Waals surface area contributed by atoms with Gasteiger partial charge in [-0.2, -0.15) is 0 Å². The van der Waals surface area contributed by atoms with Crippen molar-refractivity contribution in [3.8, 4) is 11.5 Å². The molecule has 1 fully saturated rings. The van der Waals surface area contributed by atoms with Gasteiger partial charge in [0.2, 0.25) is 5.91 Å². The Bertz CT molecular complexity index is 1330. The molecule has 1 aliphatic heterocycles. The summed E-state index contributed by atoms with van der Waals surface area (Å²) in [6, 6.07) is 24.2. The number of carbonyl (C=O) groups excluding carboxylic acids is 1. The van der Waals surface area contributed by atoms with Crippen LogP contribution in [0.5, 0.6) is 11.5 Å². The molecule has 0 aliphatic carbocycles. The lowest BCUT2D eigenvalue weighted by molar-refractivity contribution is -0.117. The summed E-state index contributed by atoms with van der Waals surface area (Å²) in [5.74, 6) is 3.26. The Kier molecular flexibility index (Phi) is 6.94. The fourth-order valence-corrected chi connectivity index (χ4v) is 4.92. The van der Waals surface area contributed by atoms with Crippen molar-refractivity contribution < 1.29 is 14.3 Å². The summed E-state index contributed by atoms with van der Waals surface area (Å²) < 4.78 is 13.6. The number of aromatic nitrogens is 2. The van der Waals surface area contributed by atoms with Gasteiger partial charge in [0.25, 0.3) is 0 Å². The van der Waals surface area contributed by atoms with Crippen LogP contribution >= 0.6 is 0 Å². The van der Waals surface area contributed by atoms with Gasteiger partial charge in [-0.3, -0.25) is 4.79 Å². The van der Waals surface area contributed by atoms with E-state index in [4.69, 9.17) is 14.5 Å². The molecule has 2 unspecified atom stereocenters. The van der Waals surface area contributed by atoms with Crippen LogP contribution in [0.4, 0.5) is 5.69 Å². The predicted molar refractivity (Wildman–Crippen MR) is 143 cm³/mol. The van der Waals surface area contributed by atoms with Gasteiger partial charge < -0.3 is 18.9 Å². The number of para-hydroxylation sites is 2. The fourth-order valence-electron chi connectivity index (χ4n) is 4.92. The number of imidazole rings is 1. The Balaban J connectivity index is 1.33. The van der Waals surface area contributed by atoms with Gasteiger partial charge in [-0.05, 0) is 66.4 Å². The summed E-state index contributed by atoms with van der Waals surface area (Å²) in [6.07, 6.45) is 1.56. The molecule has 0 radical (unpaired) electrons. The highest BCUT2D eigenvalue weighted by Crippen LogP contribution is 2.34. The summed E-state index contributed by atoms with van der Waals surface area (Å²) in [7, 11) is 1.64. The number of anilines is 1. The van der Waals surface area contributed by atoms with E-state index in [1.165, 1.54) is 5.56 Å². The molecule has 4 aromatic rings. The summed E-state index contributed by atoms with van der Waals surface area (Å²) >= 11 is 0. The second kappa shape index (κ2) is 10.4. The minimum Gasteiger partial charge on any atom is -0.497 e. The number of nitrogens with zero attached hydrogens (tertiary/aromatic N) is 3. The maximum Gasteiger partial charge on any atom is 0.227 e. The van der Waals surface area contributed by atoms with Crippen molar-refractivity contribution in [3.63, 3.8) is 0 Å². The van der Waals surface area contributed by atoms with Crippen LogP contribution < -0.4 is 14.4 Å². The zero-order valence-corrected chi connectivity index (χ0v) is 21.2. The summed E-state index contributed by atoms with van der Waals surface area (Å²) in [5, 5.41) is 0. The first-order valence-electron chi connectivity index (χ1n) is 12.7. The summed E-state index contributed by atoms with van der Waals surface area (Å²) in [4.78, 5) is 19.8. The van der Waals surface area contributed by atoms with Crippen molar-refractivity contribution in [3.05, 3.63) is 84.2 Å². The Morgan fingerprint density at radius 2 is 1.72 bits per heavy atom. The van der Waals surface area contributed by atoms with Crippen LogP contribution in [0.3, 0.4) is 0 Å². The van der Waals surface area contributed by atoms with E-state index in [2.05, 4.69) is 48.7 Å². The number of benzene rings is 3. The molecule has 2 heterocycles. The molecule has 6 heteroatoms. The molecular weight excluding hydrogens is 450 g/mol. The minimum atomic E-state index is 0.0156. The highest BCUT2D eigenvalue weighted by Gasteiger charge is 2.34. The summed E-state index contributed by atoms with van der Waals surface area (Å²) in [5.41, 5.74) is 4.23. The van der Waals surface area contributed by atoms with Crippen LogP contribution in [0.15, 0.2) is 72.8 Å². The number of methoxy groups -OCH3 is 1. The average molecular weight is 484 g/mol. The topological polar surface area (TPSA) is 56.6 Å². The van der Waals surface area contributed by atoms with E-state index in [1.54, 1.807) is 7.11 Å². The lowest BCUT2D eigenvalue weighted by Gasteiger charge is -2.18. The highest BCUT2D eigenvalue weighted by atomic mass is 16.5. The average Bonchev–Trinajstić information content (AvgIpc) is 3.49. The molecule has 0 bridgehead atoms. The number of fused-ring (bicyclic) bond motifs is 1. The predicted octanol–water partition coefficient (Wildman–Crippen LogP) is 6.16. The van der Waals surface area contributed by atoms with E-state index in [-0.39, 0.29) is 11.8 Å². The largest absolute Gasteiger partial charge is 0.497 e. The van der Waals surface area contributed by atoms with Crippen molar-refractivity contribution in [2.75, 3.05) is 25.2 Å². The number of carbonyl (C=O) groups is 1. The Hall–Kier alpha value is -3.80. The highest BCUT2D eigenvalue weighted by molar-refractivity contribution is 5.96. The van der Waals surface area contributed by atoms with E-state index in [0.29, 0.717) is 32.0 Å². The Labute approximate surface area is 212 Å². The number of hydrogen-bond donors (Lipinski definition) is 0. The van der Waals surface area contributed by atoms with Gasteiger partial charge in [0.05, 0.1) is 24.7 Å². The number of ether oxygens (including phenoxy) is 2. The van der Waals surface area contributed by atoms with E-state index in [9.17, 15) is 4.79 Å². The number of hydrogen-bond acceptors (Lipinski definition) is 4. The molecular formula is C30H33N3O3. The Morgan fingerprint density at radius 1 is 1.00 bits per heavy atom. The van der Waals surface area contributed by atoms with Crippen LogP contribution in [0.2, 0.25) is 0 Å². The van der Waals surface area contributed by atoms with Crippen molar-refractivity contribution in [2.24, 2.45) is 0 Å². The van der Waals surface area contributed by atoms with Crippen LogP contribution in [0, 0.1) is 0 Å². The first-order chi connectivity index (χ1) is 17.6. The van der Waals surface area contributed by atoms with Crippen molar-refractivity contribution in [2.45, 2.75) is 45.1 Å². The molecule has 5 rings (SSSR count). The van der Waals surface area contributed by atoms with Gasteiger partial charge >= 0.3 is 0 Å². The SMILES string of the molecule is CCC(C)c1ccc(OCCn2c(C3CC(=O)N(c4ccc(OC)cc4)C3)nc3ccccc32)cc1. The molecule has 1 amide bonds. The Morgan fingerprint density at radius 3 is 2.44 bits per heavy atom. The van der Waals surface area contributed by atoms with Gasteiger partial charge in [0.1, 0.15) is 23.9 Å². The lowest BCUT2D eigenvalue weighted by Crippen LogP contribution is -2.24. The molecule has 6 nitrogen and oxygen atoms in total. The smallest absolute Gasteiger partial charge is 0.227 e. The molecule has 186 valence electrons. The molecule has 0 spiro atoms. The van der Waals surface area contributed by atoms with Gasteiger partial charge in [0, 0.05) is 24.6 Å². The first kappa shape index (κ1) is 23.9.